The van der Waals surface area contributed by atoms with Crippen LogP contribution in [-0.2, 0) is 39.0 Å². The van der Waals surface area contributed by atoms with Crippen molar-refractivity contribution in [2.75, 3.05) is 0 Å². The first-order valence-corrected chi connectivity index (χ1v) is 22.2. The van der Waals surface area contributed by atoms with E-state index < -0.39 is 8.07 Å². The SMILES string of the molecule is CCc1[cH-]c2cccc([Si](C)(C)c3cccc4[cH-]c(CC)c(-c5cccc6ccc7ccccc7c56)c34)c2c1-c1cccc2ccc3ccccc3c12.[CH3-].[CH3-].[Zr+4]. The van der Waals surface area contributed by atoms with E-state index in [0.717, 1.165) is 12.8 Å². The Balaban J connectivity index is 0.00000160. The second-order valence-electron chi connectivity index (χ2n) is 15.3. The van der Waals surface area contributed by atoms with Gasteiger partial charge in [-0.3, -0.25) is 0 Å². The van der Waals surface area contributed by atoms with Crippen LogP contribution in [-0.4, -0.2) is 8.07 Å². The van der Waals surface area contributed by atoms with Crippen molar-refractivity contribution >= 4 is 83.1 Å². The summed E-state index contributed by atoms with van der Waals surface area (Å²) < 4.78 is 0. The van der Waals surface area contributed by atoms with Crippen molar-refractivity contribution in [1.82, 2.24) is 0 Å². The fraction of sp³-hybridized carbons (Fsp3) is 0.111. The van der Waals surface area contributed by atoms with Gasteiger partial charge in [-0.25, -0.2) is 0 Å². The number of hydrogen-bond donors (Lipinski definition) is 0. The molecule has 272 valence electrons. The number of rotatable bonds is 6. The minimum Gasteiger partial charge on any atom is -0.358 e. The molecule has 0 bridgehead atoms. The molecule has 56 heavy (non-hydrogen) atoms. The zero-order valence-electron chi connectivity index (χ0n) is 33.4. The molecule has 0 radical (unpaired) electrons. The van der Waals surface area contributed by atoms with Gasteiger partial charge in [0.15, 0.2) is 0 Å². The first-order chi connectivity index (χ1) is 26.0. The van der Waals surface area contributed by atoms with Crippen LogP contribution in [0.2, 0.25) is 13.1 Å². The van der Waals surface area contributed by atoms with Crippen molar-refractivity contribution in [3.8, 4) is 22.3 Å². The molecule has 0 N–H and O–H groups in total. The molecule has 10 aromatic carbocycles. The van der Waals surface area contributed by atoms with Gasteiger partial charge in [0, 0.05) is 0 Å². The maximum atomic E-state index is 2.60. The largest absolute Gasteiger partial charge is 4.00 e. The second kappa shape index (κ2) is 15.2. The van der Waals surface area contributed by atoms with Crippen molar-refractivity contribution in [1.29, 1.82) is 0 Å². The quantitative estimate of drug-likeness (QED) is 0.0891. The molecular weight excluding hydrogens is 768 g/mol. The molecule has 0 heterocycles. The predicted octanol–water partition coefficient (Wildman–Crippen LogP) is 14.2. The number of hydrogen-bond acceptors (Lipinski definition) is 0. The average molecular weight is 816 g/mol. The predicted molar refractivity (Wildman–Crippen MR) is 248 cm³/mol. The number of benzene rings is 8. The topological polar surface area (TPSA) is 0 Å². The normalized spacial score (nSPS) is 11.6. The van der Waals surface area contributed by atoms with Crippen LogP contribution < -0.4 is 10.4 Å². The summed E-state index contributed by atoms with van der Waals surface area (Å²) in [7, 11) is -2.35. The van der Waals surface area contributed by atoms with Gasteiger partial charge in [-0.15, -0.1) is 80.2 Å². The Hall–Kier alpha value is -4.88. The van der Waals surface area contributed by atoms with Gasteiger partial charge in [-0.2, -0.15) is 0 Å². The zero-order valence-corrected chi connectivity index (χ0v) is 36.9. The summed E-state index contributed by atoms with van der Waals surface area (Å²) in [6.07, 6.45) is 1.98. The molecule has 10 aromatic rings. The molecule has 0 unspecified atom stereocenters. The van der Waals surface area contributed by atoms with Crippen molar-refractivity contribution < 1.29 is 26.2 Å². The summed E-state index contributed by atoms with van der Waals surface area (Å²) >= 11 is 0. The summed E-state index contributed by atoms with van der Waals surface area (Å²) in [5.41, 5.74) is 8.41. The summed E-state index contributed by atoms with van der Waals surface area (Å²) in [4.78, 5) is 0. The van der Waals surface area contributed by atoms with Gasteiger partial charge < -0.3 is 14.9 Å². The Kier molecular flexibility index (Phi) is 10.7. The van der Waals surface area contributed by atoms with E-state index in [1.165, 1.54) is 108 Å². The van der Waals surface area contributed by atoms with Gasteiger partial charge >= 0.3 is 26.2 Å². The smallest absolute Gasteiger partial charge is 0.358 e. The minimum absolute atomic E-state index is 0. The Morgan fingerprint density at radius 1 is 0.411 bits per heavy atom. The van der Waals surface area contributed by atoms with Gasteiger partial charge in [0.25, 0.3) is 0 Å². The summed E-state index contributed by atoms with van der Waals surface area (Å²) in [6.45, 7) is 9.83. The Labute approximate surface area is 352 Å². The van der Waals surface area contributed by atoms with Crippen LogP contribution in [0.4, 0.5) is 0 Å². The molecule has 10 rings (SSSR count). The monoisotopic (exact) mass is 814 g/mol. The molecule has 0 saturated carbocycles. The van der Waals surface area contributed by atoms with Crippen molar-refractivity contribution in [3.63, 3.8) is 0 Å². The molecule has 0 aliphatic carbocycles. The molecule has 0 amide bonds. The Morgan fingerprint density at radius 3 is 1.21 bits per heavy atom. The Morgan fingerprint density at radius 2 is 0.786 bits per heavy atom. The van der Waals surface area contributed by atoms with Gasteiger partial charge in [-0.1, -0.05) is 170 Å². The maximum Gasteiger partial charge on any atom is 4.00 e. The fourth-order valence-corrected chi connectivity index (χ4v) is 12.8. The third-order valence-electron chi connectivity index (χ3n) is 12.2. The van der Waals surface area contributed by atoms with Crippen LogP contribution in [0.3, 0.4) is 0 Å². The third-order valence-corrected chi connectivity index (χ3v) is 15.7. The van der Waals surface area contributed by atoms with Crippen LogP contribution in [0.25, 0.3) is 86.9 Å². The summed E-state index contributed by atoms with van der Waals surface area (Å²) in [5, 5.41) is 19.2. The van der Waals surface area contributed by atoms with Crippen LogP contribution in [0, 0.1) is 14.9 Å². The summed E-state index contributed by atoms with van der Waals surface area (Å²) in [5.74, 6) is 0. The van der Waals surface area contributed by atoms with Crippen LogP contribution in [0.1, 0.15) is 25.0 Å². The van der Waals surface area contributed by atoms with Gasteiger partial charge in [0.05, 0.1) is 8.07 Å². The average Bonchev–Trinajstić information content (AvgIpc) is 3.78. The standard InChI is InChI=1S/C52H42Si.2CH3.Zr/c1-5-33-31-39-19-13-25-45(51(39)49(33)43-23-11-17-37-29-27-35-15-7-9-21-41(35)47(37)43)53(3,4)46-26-14-20-40-32-34(6-2)50(52(40)46)44-24-12-18-38-30-28-36-16-8-10-22-42(36)48(38)44;;;/h7-32H,5-6H2,1-4H3;2*1H3;/q-2;2*-1;+4. The first-order valence-electron chi connectivity index (χ1n) is 19.2. The van der Waals surface area contributed by atoms with Crippen LogP contribution >= 0.6 is 0 Å². The van der Waals surface area contributed by atoms with E-state index in [1.54, 1.807) is 0 Å². The molecule has 0 atom stereocenters. The third kappa shape index (κ3) is 5.88. The Bertz CT molecular complexity index is 2850. The zero-order chi connectivity index (χ0) is 35.8. The second-order valence-corrected chi connectivity index (χ2v) is 19.7. The van der Waals surface area contributed by atoms with Crippen molar-refractivity contribution in [2.24, 2.45) is 0 Å². The fourth-order valence-electron chi connectivity index (χ4n) is 9.67. The van der Waals surface area contributed by atoms with Crippen LogP contribution in [0.5, 0.6) is 0 Å². The molecule has 0 aliphatic rings. The molecule has 0 saturated heterocycles. The van der Waals surface area contributed by atoms with E-state index in [0.29, 0.717) is 0 Å². The van der Waals surface area contributed by atoms with E-state index in [-0.39, 0.29) is 41.1 Å². The maximum absolute atomic E-state index is 2.60. The number of aryl methyl sites for hydroxylation is 2. The number of fused-ring (bicyclic) bond motifs is 8. The summed E-state index contributed by atoms with van der Waals surface area (Å²) in [6, 6.07) is 60.0. The molecule has 0 nitrogen and oxygen atoms in total. The first kappa shape index (κ1) is 39.4. The van der Waals surface area contributed by atoms with Gasteiger partial charge in [-0.05, 0) is 55.9 Å². The van der Waals surface area contributed by atoms with Crippen molar-refractivity contribution in [3.05, 3.63) is 184 Å². The molecular formula is C54H48SiZr. The van der Waals surface area contributed by atoms with Gasteiger partial charge in [0.1, 0.15) is 0 Å². The van der Waals surface area contributed by atoms with E-state index in [2.05, 4.69) is 185 Å². The van der Waals surface area contributed by atoms with E-state index >= 15 is 0 Å². The minimum atomic E-state index is -2.35. The molecule has 2 heteroatoms. The van der Waals surface area contributed by atoms with E-state index in [9.17, 15) is 0 Å². The van der Waals surface area contributed by atoms with E-state index in [1.807, 2.05) is 0 Å². The van der Waals surface area contributed by atoms with Gasteiger partial charge in [0.2, 0.25) is 0 Å². The van der Waals surface area contributed by atoms with Crippen molar-refractivity contribution in [2.45, 2.75) is 39.8 Å². The van der Waals surface area contributed by atoms with E-state index in [4.69, 9.17) is 0 Å². The van der Waals surface area contributed by atoms with Crippen LogP contribution in [0.15, 0.2) is 158 Å². The molecule has 0 aromatic heterocycles. The molecule has 0 fully saturated rings. The molecule has 0 aliphatic heterocycles. The molecule has 0 spiro atoms.